The van der Waals surface area contributed by atoms with Gasteiger partial charge in [-0.25, -0.2) is 0 Å². The van der Waals surface area contributed by atoms with Crippen LogP contribution in [0, 0.1) is 12.8 Å². The molecule has 0 aromatic heterocycles. The first-order valence-corrected chi connectivity index (χ1v) is 10.9. The Morgan fingerprint density at radius 1 is 1.06 bits per heavy atom. The number of hydrogen-bond acceptors (Lipinski definition) is 3. The molecular weight excluding hydrogens is 386 g/mol. The summed E-state index contributed by atoms with van der Waals surface area (Å²) in [6.45, 7) is 4.00. The second-order valence-electron chi connectivity index (χ2n) is 8.30. The van der Waals surface area contributed by atoms with Crippen molar-refractivity contribution in [3.63, 3.8) is 0 Å². The van der Waals surface area contributed by atoms with Crippen LogP contribution in [0.15, 0.2) is 78.9 Å². The fraction of sp³-hybridized carbons (Fsp3) is 0.296. The monoisotopic (exact) mass is 415 g/mol. The molecule has 1 aliphatic heterocycles. The van der Waals surface area contributed by atoms with E-state index in [1.54, 1.807) is 0 Å². The maximum Gasteiger partial charge on any atom is 0.307 e. The largest absolute Gasteiger partial charge is 0.489 e. The molecule has 0 spiro atoms. The molecule has 0 amide bonds. The molecule has 0 radical (unpaired) electrons. The predicted octanol–water partition coefficient (Wildman–Crippen LogP) is 5.46. The fourth-order valence-corrected chi connectivity index (χ4v) is 4.44. The van der Waals surface area contributed by atoms with Crippen LogP contribution in [-0.2, 0) is 11.4 Å². The zero-order valence-electron chi connectivity index (χ0n) is 17.9. The lowest BCUT2D eigenvalue weighted by atomic mass is 9.90. The molecule has 4 nitrogen and oxygen atoms in total. The van der Waals surface area contributed by atoms with Gasteiger partial charge in [-0.05, 0) is 43.5 Å². The van der Waals surface area contributed by atoms with E-state index in [4.69, 9.17) is 4.74 Å². The van der Waals surface area contributed by atoms with E-state index in [2.05, 4.69) is 54.3 Å². The van der Waals surface area contributed by atoms with Crippen molar-refractivity contribution in [2.75, 3.05) is 13.1 Å². The van der Waals surface area contributed by atoms with Crippen LogP contribution in [0.4, 0.5) is 0 Å². The first-order valence-electron chi connectivity index (χ1n) is 10.9. The molecule has 1 heterocycles. The molecule has 0 saturated carbocycles. The zero-order valence-corrected chi connectivity index (χ0v) is 17.9. The number of carboxylic acids is 1. The number of carbonyl (C=O) groups is 1. The van der Waals surface area contributed by atoms with Crippen LogP contribution in [0.25, 0.3) is 0 Å². The van der Waals surface area contributed by atoms with Gasteiger partial charge >= 0.3 is 5.97 Å². The van der Waals surface area contributed by atoms with Gasteiger partial charge in [-0.15, -0.1) is 0 Å². The Morgan fingerprint density at radius 3 is 2.61 bits per heavy atom. The van der Waals surface area contributed by atoms with Crippen LogP contribution < -0.4 is 4.74 Å². The molecule has 3 aromatic carbocycles. The Kier molecular flexibility index (Phi) is 6.68. The highest BCUT2D eigenvalue weighted by Crippen LogP contribution is 2.37. The lowest BCUT2D eigenvalue weighted by Gasteiger charge is -2.38. The second-order valence-corrected chi connectivity index (χ2v) is 8.30. The Labute approximate surface area is 184 Å². The number of rotatable bonds is 7. The molecular formula is C27H29NO3. The number of ether oxygens (including phenoxy) is 1. The highest BCUT2D eigenvalue weighted by atomic mass is 16.5. The Bertz CT molecular complexity index is 1020. The topological polar surface area (TPSA) is 49.8 Å². The average molecular weight is 416 g/mol. The Balaban J connectivity index is 1.69. The van der Waals surface area contributed by atoms with Gasteiger partial charge in [-0.2, -0.15) is 0 Å². The number of likely N-dealkylation sites (tertiary alicyclic amines) is 1. The summed E-state index contributed by atoms with van der Waals surface area (Å²) in [6, 6.07) is 26.7. The van der Waals surface area contributed by atoms with Crippen LogP contribution in [0.3, 0.4) is 0 Å². The molecule has 4 rings (SSSR count). The smallest absolute Gasteiger partial charge is 0.307 e. The van der Waals surface area contributed by atoms with Crippen LogP contribution in [-0.4, -0.2) is 29.1 Å². The van der Waals surface area contributed by atoms with Crippen LogP contribution in [0.2, 0.25) is 0 Å². The maximum atomic E-state index is 11.7. The second kappa shape index (κ2) is 9.80. The predicted molar refractivity (Wildman–Crippen MR) is 122 cm³/mol. The van der Waals surface area contributed by atoms with Gasteiger partial charge in [0.15, 0.2) is 0 Å². The first kappa shape index (κ1) is 21.1. The van der Waals surface area contributed by atoms with Crippen molar-refractivity contribution in [1.82, 2.24) is 4.90 Å². The number of piperidine rings is 1. The average Bonchev–Trinajstić information content (AvgIpc) is 2.80. The quantitative estimate of drug-likeness (QED) is 0.557. The van der Waals surface area contributed by atoms with E-state index in [0.717, 1.165) is 36.3 Å². The van der Waals surface area contributed by atoms with Gasteiger partial charge in [-0.1, -0.05) is 78.4 Å². The number of aliphatic carboxylic acids is 1. The summed E-state index contributed by atoms with van der Waals surface area (Å²) in [7, 11) is 0. The summed E-state index contributed by atoms with van der Waals surface area (Å²) in [6.07, 6.45) is 1.62. The van der Waals surface area contributed by atoms with E-state index in [1.165, 1.54) is 11.1 Å². The molecule has 2 atom stereocenters. The molecule has 0 bridgehead atoms. The van der Waals surface area contributed by atoms with E-state index < -0.39 is 5.97 Å². The van der Waals surface area contributed by atoms with Crippen molar-refractivity contribution in [3.8, 4) is 5.75 Å². The van der Waals surface area contributed by atoms with Crippen molar-refractivity contribution >= 4 is 5.97 Å². The summed E-state index contributed by atoms with van der Waals surface area (Å²) < 4.78 is 6.28. The maximum absolute atomic E-state index is 11.7. The molecule has 160 valence electrons. The summed E-state index contributed by atoms with van der Waals surface area (Å²) in [5, 5.41) is 9.64. The van der Waals surface area contributed by atoms with E-state index in [1.807, 2.05) is 36.4 Å². The number of para-hydroxylation sites is 1. The summed E-state index contributed by atoms with van der Waals surface area (Å²) >= 11 is 0. The molecule has 1 fully saturated rings. The van der Waals surface area contributed by atoms with Gasteiger partial charge in [0.1, 0.15) is 12.4 Å². The van der Waals surface area contributed by atoms with Gasteiger partial charge in [0.05, 0.1) is 12.0 Å². The third-order valence-electron chi connectivity index (χ3n) is 5.98. The highest BCUT2D eigenvalue weighted by Gasteiger charge is 2.32. The van der Waals surface area contributed by atoms with Gasteiger partial charge in [0.25, 0.3) is 0 Å². The van der Waals surface area contributed by atoms with Crippen molar-refractivity contribution in [3.05, 3.63) is 101 Å². The number of nitrogens with zero attached hydrogens (tertiary/aromatic N) is 1. The minimum Gasteiger partial charge on any atom is -0.489 e. The molecule has 1 saturated heterocycles. The molecule has 0 aliphatic carbocycles. The summed E-state index contributed by atoms with van der Waals surface area (Å²) in [5.74, 6) is -0.199. The van der Waals surface area contributed by atoms with Gasteiger partial charge in [-0.3, -0.25) is 9.69 Å². The summed E-state index contributed by atoms with van der Waals surface area (Å²) in [5.41, 5.74) is 4.56. The van der Waals surface area contributed by atoms with Crippen molar-refractivity contribution < 1.29 is 14.6 Å². The SMILES string of the molecule is Cc1cccc(C(c2ccccc2OCc2ccccc2)N2CCCC(C(=O)O)C2)c1. The molecule has 1 aliphatic rings. The number of benzene rings is 3. The van der Waals surface area contributed by atoms with Crippen molar-refractivity contribution in [1.29, 1.82) is 0 Å². The minimum atomic E-state index is -0.707. The van der Waals surface area contributed by atoms with Gasteiger partial charge in [0.2, 0.25) is 0 Å². The Morgan fingerprint density at radius 2 is 1.84 bits per heavy atom. The minimum absolute atomic E-state index is 0.0472. The van der Waals surface area contributed by atoms with E-state index in [0.29, 0.717) is 13.2 Å². The number of hydrogen-bond donors (Lipinski definition) is 1. The first-order chi connectivity index (χ1) is 15.1. The lowest BCUT2D eigenvalue weighted by molar-refractivity contribution is -0.143. The molecule has 4 heteroatoms. The molecule has 1 N–H and O–H groups in total. The fourth-order valence-electron chi connectivity index (χ4n) is 4.44. The third-order valence-corrected chi connectivity index (χ3v) is 5.98. The summed E-state index contributed by atoms with van der Waals surface area (Å²) in [4.78, 5) is 14.0. The molecule has 2 unspecified atom stereocenters. The van der Waals surface area contributed by atoms with Gasteiger partial charge in [0, 0.05) is 12.1 Å². The molecule has 3 aromatic rings. The van der Waals surface area contributed by atoms with Crippen molar-refractivity contribution in [2.24, 2.45) is 5.92 Å². The van der Waals surface area contributed by atoms with E-state index in [-0.39, 0.29) is 12.0 Å². The van der Waals surface area contributed by atoms with Gasteiger partial charge < -0.3 is 9.84 Å². The Hall–Kier alpha value is -3.11. The lowest BCUT2D eigenvalue weighted by Crippen LogP contribution is -2.41. The van der Waals surface area contributed by atoms with Crippen molar-refractivity contribution in [2.45, 2.75) is 32.4 Å². The zero-order chi connectivity index (χ0) is 21.6. The van der Waals surface area contributed by atoms with Crippen LogP contribution in [0.1, 0.15) is 41.1 Å². The normalized spacial score (nSPS) is 17.8. The number of aryl methyl sites for hydroxylation is 1. The third kappa shape index (κ3) is 5.15. The highest BCUT2D eigenvalue weighted by molar-refractivity contribution is 5.70. The van der Waals surface area contributed by atoms with E-state index in [9.17, 15) is 9.90 Å². The number of carboxylic acid groups (broad SMARTS) is 1. The molecule has 31 heavy (non-hydrogen) atoms. The van der Waals surface area contributed by atoms with Crippen LogP contribution in [0.5, 0.6) is 5.75 Å². The van der Waals surface area contributed by atoms with Crippen LogP contribution >= 0.6 is 0 Å². The standard InChI is InChI=1S/C27H29NO3/c1-20-9-7-12-22(17-20)26(28-16-8-13-23(18-28)27(29)30)24-14-5-6-15-25(24)31-19-21-10-3-2-4-11-21/h2-7,9-12,14-15,17,23,26H,8,13,16,18-19H2,1H3,(H,29,30). The van der Waals surface area contributed by atoms with E-state index >= 15 is 0 Å².